The van der Waals surface area contributed by atoms with Crippen LogP contribution in [0.25, 0.3) is 0 Å². The summed E-state index contributed by atoms with van der Waals surface area (Å²) < 4.78 is 5.07. The highest BCUT2D eigenvalue weighted by Crippen LogP contribution is 2.33. The number of unbranched alkanes of at least 4 members (excludes halogenated alkanes) is 6. The molecule has 172 valence electrons. The first kappa shape index (κ1) is 26.3. The van der Waals surface area contributed by atoms with E-state index in [-0.39, 0.29) is 11.5 Å². The van der Waals surface area contributed by atoms with Gasteiger partial charge in [0, 0.05) is 5.56 Å². The van der Waals surface area contributed by atoms with Crippen molar-refractivity contribution in [3.8, 4) is 11.5 Å². The van der Waals surface area contributed by atoms with Gasteiger partial charge in [-0.3, -0.25) is 4.79 Å². The molecular weight excluding hydrogens is 376 g/mol. The Balaban J connectivity index is 2.37. The third-order valence-corrected chi connectivity index (χ3v) is 5.79. The summed E-state index contributed by atoms with van der Waals surface area (Å²) in [7, 11) is 0. The van der Waals surface area contributed by atoms with E-state index in [0.717, 1.165) is 50.5 Å². The number of hydrogen-bond donors (Lipinski definition) is 2. The molecule has 0 bridgehead atoms. The molecular formula is C26H44O4. The number of carbonyl (C=O) groups excluding carboxylic acids is 1. The molecule has 30 heavy (non-hydrogen) atoms. The molecule has 0 atom stereocenters. The van der Waals surface area contributed by atoms with Crippen molar-refractivity contribution in [2.24, 2.45) is 5.41 Å². The lowest BCUT2D eigenvalue weighted by atomic mass is 9.89. The zero-order valence-electron chi connectivity index (χ0n) is 19.9. The van der Waals surface area contributed by atoms with E-state index in [9.17, 15) is 15.0 Å². The monoisotopic (exact) mass is 420 g/mol. The fourth-order valence-corrected chi connectivity index (χ4v) is 3.84. The van der Waals surface area contributed by atoms with Crippen LogP contribution in [0.4, 0.5) is 0 Å². The Labute approximate surface area is 184 Å². The summed E-state index contributed by atoms with van der Waals surface area (Å²) in [5, 5.41) is 20.8. The molecule has 0 amide bonds. The molecule has 0 aliphatic rings. The summed E-state index contributed by atoms with van der Waals surface area (Å²) in [6, 6.07) is 3.59. The van der Waals surface area contributed by atoms with Crippen molar-refractivity contribution in [2.45, 2.75) is 117 Å². The highest BCUT2D eigenvalue weighted by atomic mass is 16.5. The second kappa shape index (κ2) is 12.9. The van der Waals surface area contributed by atoms with Crippen molar-refractivity contribution >= 4 is 6.47 Å². The van der Waals surface area contributed by atoms with E-state index in [1.807, 2.05) is 19.9 Å². The maximum absolute atomic E-state index is 10.6. The zero-order valence-corrected chi connectivity index (χ0v) is 19.9. The molecule has 0 saturated heterocycles. The van der Waals surface area contributed by atoms with E-state index in [4.69, 9.17) is 4.74 Å². The number of aromatic hydroxyl groups is 2. The van der Waals surface area contributed by atoms with E-state index in [1.165, 1.54) is 25.7 Å². The molecule has 0 heterocycles. The molecule has 0 aliphatic heterocycles. The van der Waals surface area contributed by atoms with E-state index in [1.54, 1.807) is 6.07 Å². The molecule has 4 heteroatoms. The number of hydrogen-bond acceptors (Lipinski definition) is 4. The molecule has 0 saturated carbocycles. The first-order valence-corrected chi connectivity index (χ1v) is 11.7. The molecule has 0 aliphatic carbocycles. The lowest BCUT2D eigenvalue weighted by Crippen LogP contribution is -2.23. The van der Waals surface area contributed by atoms with Crippen LogP contribution in [0.2, 0.25) is 0 Å². The summed E-state index contributed by atoms with van der Waals surface area (Å²) >= 11 is 0. The van der Waals surface area contributed by atoms with Gasteiger partial charge in [0.2, 0.25) is 0 Å². The standard InChI is InChI=1S/C26H44O4/c1-25(2,3)18-12-8-6-10-14-21-16-17-23(28)22(24(21)29)15-11-7-9-13-19-26(4,5)30-20-27/h16-17,20,28-29H,6-15,18-19H2,1-5H3. The van der Waals surface area contributed by atoms with Gasteiger partial charge >= 0.3 is 0 Å². The van der Waals surface area contributed by atoms with Gasteiger partial charge in [-0.05, 0) is 75.8 Å². The Morgan fingerprint density at radius 3 is 1.97 bits per heavy atom. The third kappa shape index (κ3) is 10.9. The van der Waals surface area contributed by atoms with Crippen LogP contribution in [0.1, 0.15) is 110 Å². The Morgan fingerprint density at radius 2 is 1.37 bits per heavy atom. The normalized spacial score (nSPS) is 12.2. The maximum atomic E-state index is 10.6. The van der Waals surface area contributed by atoms with Crippen LogP contribution in [0, 0.1) is 5.41 Å². The summed E-state index contributed by atoms with van der Waals surface area (Å²) in [5.41, 5.74) is 1.64. The number of benzene rings is 1. The highest BCUT2D eigenvalue weighted by molar-refractivity contribution is 5.48. The molecule has 0 spiro atoms. The quantitative estimate of drug-likeness (QED) is 0.235. The van der Waals surface area contributed by atoms with Gasteiger partial charge < -0.3 is 14.9 Å². The zero-order chi connectivity index (χ0) is 22.6. The van der Waals surface area contributed by atoms with Crippen molar-refractivity contribution in [2.75, 3.05) is 0 Å². The van der Waals surface area contributed by atoms with Crippen LogP contribution >= 0.6 is 0 Å². The lowest BCUT2D eigenvalue weighted by molar-refractivity contribution is -0.140. The molecule has 4 nitrogen and oxygen atoms in total. The summed E-state index contributed by atoms with van der Waals surface area (Å²) in [5.74, 6) is 0.479. The fraction of sp³-hybridized carbons (Fsp3) is 0.731. The predicted molar refractivity (Wildman–Crippen MR) is 124 cm³/mol. The predicted octanol–water partition coefficient (Wildman–Crippen LogP) is 7.08. The van der Waals surface area contributed by atoms with Crippen LogP contribution in [0.15, 0.2) is 12.1 Å². The van der Waals surface area contributed by atoms with Gasteiger partial charge in [-0.2, -0.15) is 0 Å². The topological polar surface area (TPSA) is 66.8 Å². The minimum absolute atomic E-state index is 0.196. The average molecular weight is 421 g/mol. The number of rotatable bonds is 15. The minimum Gasteiger partial charge on any atom is -0.508 e. The van der Waals surface area contributed by atoms with E-state index in [0.29, 0.717) is 23.9 Å². The van der Waals surface area contributed by atoms with Crippen LogP contribution in [0.3, 0.4) is 0 Å². The number of carbonyl (C=O) groups is 1. The van der Waals surface area contributed by atoms with E-state index >= 15 is 0 Å². The first-order valence-electron chi connectivity index (χ1n) is 11.7. The second-order valence-corrected chi connectivity index (χ2v) is 10.4. The molecule has 0 radical (unpaired) electrons. The Bertz CT molecular complexity index is 629. The third-order valence-electron chi connectivity index (χ3n) is 5.79. The molecule has 0 aromatic heterocycles. The minimum atomic E-state index is -0.403. The van der Waals surface area contributed by atoms with Crippen LogP contribution in [-0.4, -0.2) is 22.3 Å². The lowest BCUT2D eigenvalue weighted by Gasteiger charge is -2.22. The molecule has 1 aromatic carbocycles. The first-order chi connectivity index (χ1) is 14.1. The van der Waals surface area contributed by atoms with Crippen molar-refractivity contribution in [3.63, 3.8) is 0 Å². The van der Waals surface area contributed by atoms with Crippen LogP contribution in [-0.2, 0) is 22.4 Å². The van der Waals surface area contributed by atoms with Crippen LogP contribution < -0.4 is 0 Å². The van der Waals surface area contributed by atoms with Gasteiger partial charge in [-0.1, -0.05) is 58.9 Å². The van der Waals surface area contributed by atoms with Crippen molar-refractivity contribution in [1.82, 2.24) is 0 Å². The smallest absolute Gasteiger partial charge is 0.293 e. The molecule has 0 fully saturated rings. The number of aryl methyl sites for hydroxylation is 1. The number of phenolic OH excluding ortho intramolecular Hbond substituents is 2. The van der Waals surface area contributed by atoms with Gasteiger partial charge in [0.1, 0.15) is 17.1 Å². The van der Waals surface area contributed by atoms with Crippen LogP contribution in [0.5, 0.6) is 11.5 Å². The molecule has 2 N–H and O–H groups in total. The Morgan fingerprint density at radius 1 is 0.800 bits per heavy atom. The summed E-state index contributed by atoms with van der Waals surface area (Å²) in [4.78, 5) is 10.5. The summed E-state index contributed by atoms with van der Waals surface area (Å²) in [6.45, 7) is 11.2. The fourth-order valence-electron chi connectivity index (χ4n) is 3.84. The highest BCUT2D eigenvalue weighted by Gasteiger charge is 2.18. The largest absolute Gasteiger partial charge is 0.508 e. The van der Waals surface area contributed by atoms with Gasteiger partial charge in [0.05, 0.1) is 0 Å². The summed E-state index contributed by atoms with van der Waals surface area (Å²) in [6.07, 6.45) is 12.4. The Hall–Kier alpha value is -1.71. The van der Waals surface area contributed by atoms with E-state index in [2.05, 4.69) is 20.8 Å². The van der Waals surface area contributed by atoms with Crippen molar-refractivity contribution < 1.29 is 19.7 Å². The van der Waals surface area contributed by atoms with Gasteiger partial charge in [0.15, 0.2) is 0 Å². The van der Waals surface area contributed by atoms with Crippen molar-refractivity contribution in [1.29, 1.82) is 0 Å². The van der Waals surface area contributed by atoms with Crippen molar-refractivity contribution in [3.05, 3.63) is 23.3 Å². The second-order valence-electron chi connectivity index (χ2n) is 10.4. The SMILES string of the molecule is CC(C)(C)CCCCCCc1ccc(O)c(CCCCCCC(C)(C)OC=O)c1O. The molecule has 1 rings (SSSR count). The molecule has 1 aromatic rings. The average Bonchev–Trinajstić information content (AvgIpc) is 2.63. The number of phenols is 2. The maximum Gasteiger partial charge on any atom is 0.293 e. The van der Waals surface area contributed by atoms with E-state index < -0.39 is 5.60 Å². The van der Waals surface area contributed by atoms with Gasteiger partial charge in [-0.25, -0.2) is 0 Å². The van der Waals surface area contributed by atoms with Gasteiger partial charge in [0.25, 0.3) is 6.47 Å². The number of ether oxygens (including phenoxy) is 1. The molecule has 0 unspecified atom stereocenters. The van der Waals surface area contributed by atoms with Gasteiger partial charge in [-0.15, -0.1) is 0 Å². The Kier molecular flexibility index (Phi) is 11.3.